The number of aromatic carboxylic acids is 1. The zero-order chi connectivity index (χ0) is 12.8. The van der Waals surface area contributed by atoms with Gasteiger partial charge in [0.15, 0.2) is 0 Å². The minimum absolute atomic E-state index is 0.118. The molecule has 0 aliphatic carbocycles. The van der Waals surface area contributed by atoms with E-state index in [0.717, 1.165) is 0 Å². The highest BCUT2D eigenvalue weighted by Crippen LogP contribution is 2.16. The van der Waals surface area contributed by atoms with Crippen LogP contribution in [0.2, 0.25) is 0 Å². The normalized spacial score (nSPS) is 10.4. The molecule has 0 saturated heterocycles. The lowest BCUT2D eigenvalue weighted by Crippen LogP contribution is -1.99. The summed E-state index contributed by atoms with van der Waals surface area (Å²) >= 11 is 0. The molecule has 0 amide bonds. The number of benzene rings is 1. The molecule has 3 N–H and O–H groups in total. The van der Waals surface area contributed by atoms with E-state index < -0.39 is 5.97 Å². The van der Waals surface area contributed by atoms with Gasteiger partial charge in [-0.2, -0.15) is 0 Å². The summed E-state index contributed by atoms with van der Waals surface area (Å²) in [4.78, 5) is 21.6. The van der Waals surface area contributed by atoms with Crippen molar-refractivity contribution in [3.05, 3.63) is 35.4 Å². The summed E-state index contributed by atoms with van der Waals surface area (Å²) in [5.74, 6) is -1.39. The van der Waals surface area contributed by atoms with Crippen molar-refractivity contribution in [2.45, 2.75) is 6.42 Å². The molecule has 0 heterocycles. The molecular formula is C12H13NO4. The van der Waals surface area contributed by atoms with E-state index in [4.69, 9.17) is 10.8 Å². The Kier molecular flexibility index (Phi) is 4.28. The van der Waals surface area contributed by atoms with Crippen LogP contribution in [0.25, 0.3) is 6.08 Å². The maximum absolute atomic E-state index is 10.9. The molecule has 1 rings (SSSR count). The quantitative estimate of drug-likeness (QED) is 0.610. The van der Waals surface area contributed by atoms with Crippen LogP contribution in [0.4, 0.5) is 5.69 Å². The number of carboxylic acids is 1. The Balaban J connectivity index is 2.86. The molecule has 17 heavy (non-hydrogen) atoms. The summed E-state index contributed by atoms with van der Waals surface area (Å²) in [5.41, 5.74) is 6.85. The van der Waals surface area contributed by atoms with E-state index in [1.54, 1.807) is 12.2 Å². The van der Waals surface area contributed by atoms with Crippen LogP contribution in [0, 0.1) is 0 Å². The zero-order valence-corrected chi connectivity index (χ0v) is 9.34. The van der Waals surface area contributed by atoms with Crippen molar-refractivity contribution in [1.82, 2.24) is 0 Å². The van der Waals surface area contributed by atoms with Crippen LogP contribution in [-0.2, 0) is 9.53 Å². The molecule has 0 atom stereocenters. The number of carbonyl (C=O) groups is 2. The van der Waals surface area contributed by atoms with E-state index in [9.17, 15) is 9.59 Å². The van der Waals surface area contributed by atoms with Crippen molar-refractivity contribution in [2.75, 3.05) is 12.8 Å². The number of nitrogens with two attached hydrogens (primary N) is 1. The second kappa shape index (κ2) is 5.69. The Hall–Kier alpha value is -2.30. The Labute approximate surface area is 98.5 Å². The Morgan fingerprint density at radius 2 is 2.18 bits per heavy atom. The average molecular weight is 235 g/mol. The number of carbonyl (C=O) groups excluding carboxylic acids is 1. The summed E-state index contributed by atoms with van der Waals surface area (Å²) in [5, 5.41) is 8.81. The van der Waals surface area contributed by atoms with Crippen LogP contribution < -0.4 is 5.73 Å². The Bertz CT molecular complexity index is 466. The van der Waals surface area contributed by atoms with Gasteiger partial charge in [-0.3, -0.25) is 4.79 Å². The first-order chi connectivity index (χ1) is 8.04. The molecule has 0 aliphatic heterocycles. The van der Waals surface area contributed by atoms with E-state index in [2.05, 4.69) is 4.74 Å². The van der Waals surface area contributed by atoms with Crippen molar-refractivity contribution in [1.29, 1.82) is 0 Å². The third-order valence-electron chi connectivity index (χ3n) is 2.14. The average Bonchev–Trinajstić information content (AvgIpc) is 2.30. The summed E-state index contributed by atoms with van der Waals surface area (Å²) in [7, 11) is 1.30. The first kappa shape index (κ1) is 12.8. The molecule has 0 unspecified atom stereocenters. The number of esters is 1. The largest absolute Gasteiger partial charge is 0.478 e. The lowest BCUT2D eigenvalue weighted by atomic mass is 10.1. The third-order valence-corrected chi connectivity index (χ3v) is 2.14. The van der Waals surface area contributed by atoms with Gasteiger partial charge in [-0.1, -0.05) is 12.2 Å². The molecule has 1 aromatic carbocycles. The van der Waals surface area contributed by atoms with Gasteiger partial charge in [-0.25, -0.2) is 4.79 Å². The fourth-order valence-corrected chi connectivity index (χ4v) is 1.22. The van der Waals surface area contributed by atoms with Gasteiger partial charge in [0.1, 0.15) is 0 Å². The summed E-state index contributed by atoms with van der Waals surface area (Å²) < 4.78 is 4.46. The topological polar surface area (TPSA) is 89.6 Å². The maximum atomic E-state index is 10.9. The van der Waals surface area contributed by atoms with E-state index >= 15 is 0 Å². The molecule has 0 saturated carbocycles. The maximum Gasteiger partial charge on any atom is 0.335 e. The highest BCUT2D eigenvalue weighted by Gasteiger charge is 2.04. The molecule has 90 valence electrons. The lowest BCUT2D eigenvalue weighted by molar-refractivity contribution is -0.139. The fourth-order valence-electron chi connectivity index (χ4n) is 1.22. The zero-order valence-electron chi connectivity index (χ0n) is 9.34. The van der Waals surface area contributed by atoms with Gasteiger partial charge >= 0.3 is 11.9 Å². The number of hydrogen-bond acceptors (Lipinski definition) is 4. The molecule has 0 bridgehead atoms. The molecule has 0 spiro atoms. The lowest BCUT2D eigenvalue weighted by Gasteiger charge is -2.02. The van der Waals surface area contributed by atoms with Gasteiger partial charge in [-0.15, -0.1) is 0 Å². The highest BCUT2D eigenvalue weighted by molar-refractivity contribution is 5.89. The fraction of sp³-hybridized carbons (Fsp3) is 0.167. The van der Waals surface area contributed by atoms with Crippen LogP contribution >= 0.6 is 0 Å². The van der Waals surface area contributed by atoms with Crippen molar-refractivity contribution in [3.63, 3.8) is 0 Å². The predicted molar refractivity (Wildman–Crippen MR) is 63.5 cm³/mol. The van der Waals surface area contributed by atoms with Crippen LogP contribution in [0.1, 0.15) is 22.3 Å². The second-order valence-corrected chi connectivity index (χ2v) is 3.33. The van der Waals surface area contributed by atoms with E-state index in [1.165, 1.54) is 25.3 Å². The first-order valence-corrected chi connectivity index (χ1v) is 4.90. The van der Waals surface area contributed by atoms with Gasteiger partial charge in [0.25, 0.3) is 0 Å². The van der Waals surface area contributed by atoms with Gasteiger partial charge in [0, 0.05) is 5.69 Å². The molecule has 0 fully saturated rings. The van der Waals surface area contributed by atoms with E-state index in [1.807, 2.05) is 0 Å². The van der Waals surface area contributed by atoms with Crippen LogP contribution in [0.3, 0.4) is 0 Å². The number of methoxy groups -OCH3 is 1. The van der Waals surface area contributed by atoms with Gasteiger partial charge in [0.05, 0.1) is 19.1 Å². The monoisotopic (exact) mass is 235 g/mol. The molecular weight excluding hydrogens is 222 g/mol. The summed E-state index contributed by atoms with van der Waals surface area (Å²) in [6, 6.07) is 4.39. The molecule has 5 nitrogen and oxygen atoms in total. The summed E-state index contributed by atoms with van der Waals surface area (Å²) in [6.45, 7) is 0. The van der Waals surface area contributed by atoms with Crippen LogP contribution in [-0.4, -0.2) is 24.2 Å². The number of anilines is 1. The van der Waals surface area contributed by atoms with Gasteiger partial charge in [-0.05, 0) is 23.8 Å². The molecule has 5 heteroatoms. The minimum Gasteiger partial charge on any atom is -0.478 e. The smallest absolute Gasteiger partial charge is 0.335 e. The van der Waals surface area contributed by atoms with E-state index in [0.29, 0.717) is 11.3 Å². The minimum atomic E-state index is -1.02. The van der Waals surface area contributed by atoms with E-state index in [-0.39, 0.29) is 18.0 Å². The molecule has 0 aromatic heterocycles. The van der Waals surface area contributed by atoms with Crippen molar-refractivity contribution in [2.24, 2.45) is 0 Å². The number of nitrogen functional groups attached to an aromatic ring is 1. The number of rotatable bonds is 4. The predicted octanol–water partition coefficient (Wildman–Crippen LogP) is 1.54. The van der Waals surface area contributed by atoms with Crippen LogP contribution in [0.15, 0.2) is 24.3 Å². The van der Waals surface area contributed by atoms with Crippen molar-refractivity contribution < 1.29 is 19.4 Å². The van der Waals surface area contributed by atoms with Gasteiger partial charge in [0.2, 0.25) is 0 Å². The highest BCUT2D eigenvalue weighted by atomic mass is 16.5. The Morgan fingerprint density at radius 1 is 1.47 bits per heavy atom. The van der Waals surface area contributed by atoms with Gasteiger partial charge < -0.3 is 15.6 Å². The number of ether oxygens (including phenoxy) is 1. The Morgan fingerprint density at radius 3 is 2.76 bits per heavy atom. The third kappa shape index (κ3) is 3.64. The standard InChI is InChI=1S/C12H13NO4/c1-17-11(14)4-2-3-8-7-9(12(15)16)5-6-10(8)13/h2-3,5-7H,4,13H2,1H3,(H,15,16). The molecule has 1 aromatic rings. The van der Waals surface area contributed by atoms with Crippen molar-refractivity contribution >= 4 is 23.7 Å². The SMILES string of the molecule is COC(=O)CC=Cc1cc(C(=O)O)ccc1N. The molecule has 0 aliphatic rings. The van der Waals surface area contributed by atoms with Crippen LogP contribution in [0.5, 0.6) is 0 Å². The van der Waals surface area contributed by atoms with Crippen molar-refractivity contribution in [3.8, 4) is 0 Å². The molecule has 0 radical (unpaired) electrons. The number of carboxylic acid groups (broad SMARTS) is 1. The summed E-state index contributed by atoms with van der Waals surface area (Å²) in [6.07, 6.45) is 3.29. The first-order valence-electron chi connectivity index (χ1n) is 4.90. The second-order valence-electron chi connectivity index (χ2n) is 3.33. The number of hydrogen-bond donors (Lipinski definition) is 2.